The van der Waals surface area contributed by atoms with Crippen LogP contribution >= 0.6 is 0 Å². The van der Waals surface area contributed by atoms with Crippen molar-refractivity contribution >= 4 is 5.97 Å². The minimum absolute atomic E-state index is 0.0244. The average molecular weight is 563 g/mol. The Morgan fingerprint density at radius 3 is 1.07 bits per heavy atom. The summed E-state index contributed by atoms with van der Waals surface area (Å²) in [4.78, 5) is 11.9. The maximum atomic E-state index is 11.9. The molecule has 2 nitrogen and oxygen atoms in total. The fraction of sp³-hybridized carbons (Fsp3) is 0.921. The number of hydrogen-bond acceptors (Lipinski definition) is 2. The van der Waals surface area contributed by atoms with E-state index in [9.17, 15) is 4.79 Å². The SMILES string of the molecule is CCCCCCCC/C=C\CCCCCCCCCCCCOC(=O)CCCCCCCCCCCCCCC. The summed E-state index contributed by atoms with van der Waals surface area (Å²) >= 11 is 0. The van der Waals surface area contributed by atoms with E-state index >= 15 is 0 Å². The Balaban J connectivity index is 3.17. The number of unbranched alkanes of at least 4 members (excludes halogenated alkanes) is 28. The van der Waals surface area contributed by atoms with Crippen LogP contribution in [0.1, 0.15) is 219 Å². The highest BCUT2D eigenvalue weighted by molar-refractivity contribution is 5.69. The van der Waals surface area contributed by atoms with Crippen molar-refractivity contribution in [1.29, 1.82) is 0 Å². The summed E-state index contributed by atoms with van der Waals surface area (Å²) in [6.45, 7) is 5.20. The predicted octanol–water partition coefficient (Wildman–Crippen LogP) is 13.6. The Hall–Kier alpha value is -0.790. The molecule has 0 aliphatic heterocycles. The van der Waals surface area contributed by atoms with E-state index in [4.69, 9.17) is 4.74 Å². The number of esters is 1. The first kappa shape index (κ1) is 39.2. The van der Waals surface area contributed by atoms with Gasteiger partial charge < -0.3 is 4.74 Å². The third-order valence-electron chi connectivity index (χ3n) is 8.40. The Morgan fingerprint density at radius 2 is 0.700 bits per heavy atom. The smallest absolute Gasteiger partial charge is 0.305 e. The maximum Gasteiger partial charge on any atom is 0.305 e. The minimum atomic E-state index is 0.0244. The molecular formula is C38H74O2. The lowest BCUT2D eigenvalue weighted by Gasteiger charge is -2.06. The molecule has 0 aliphatic rings. The molecule has 0 rings (SSSR count). The van der Waals surface area contributed by atoms with Crippen LogP contribution in [0.2, 0.25) is 0 Å². The summed E-state index contributed by atoms with van der Waals surface area (Å²) < 4.78 is 5.44. The molecule has 238 valence electrons. The van der Waals surface area contributed by atoms with Gasteiger partial charge in [-0.05, 0) is 38.5 Å². The van der Waals surface area contributed by atoms with E-state index in [1.165, 1.54) is 186 Å². The highest BCUT2D eigenvalue weighted by Gasteiger charge is 2.02. The van der Waals surface area contributed by atoms with Crippen LogP contribution in [0.15, 0.2) is 12.2 Å². The highest BCUT2D eigenvalue weighted by atomic mass is 16.5. The zero-order chi connectivity index (χ0) is 29.0. The van der Waals surface area contributed by atoms with E-state index in [0.29, 0.717) is 13.0 Å². The average Bonchev–Trinajstić information content (AvgIpc) is 2.96. The van der Waals surface area contributed by atoms with Crippen LogP contribution in [0.5, 0.6) is 0 Å². The van der Waals surface area contributed by atoms with Crippen LogP contribution in [0.4, 0.5) is 0 Å². The summed E-state index contributed by atoms with van der Waals surface area (Å²) in [5.74, 6) is 0.0244. The topological polar surface area (TPSA) is 26.3 Å². The minimum Gasteiger partial charge on any atom is -0.466 e. The van der Waals surface area contributed by atoms with Gasteiger partial charge in [0, 0.05) is 6.42 Å². The molecule has 0 aromatic rings. The normalized spacial score (nSPS) is 11.6. The van der Waals surface area contributed by atoms with Crippen LogP contribution in [-0.4, -0.2) is 12.6 Å². The summed E-state index contributed by atoms with van der Waals surface area (Å²) in [5, 5.41) is 0. The fourth-order valence-corrected chi connectivity index (χ4v) is 5.60. The van der Waals surface area contributed by atoms with Crippen molar-refractivity contribution in [3.8, 4) is 0 Å². The molecule has 0 N–H and O–H groups in total. The number of carbonyl (C=O) groups is 1. The Morgan fingerprint density at radius 1 is 0.400 bits per heavy atom. The quantitative estimate of drug-likeness (QED) is 0.0443. The van der Waals surface area contributed by atoms with E-state index in [1.807, 2.05) is 0 Å². The Bertz CT molecular complexity index is 498. The van der Waals surface area contributed by atoms with Crippen LogP contribution in [0.25, 0.3) is 0 Å². The number of ether oxygens (including phenoxy) is 1. The monoisotopic (exact) mass is 563 g/mol. The lowest BCUT2D eigenvalue weighted by Crippen LogP contribution is -2.05. The number of carbonyl (C=O) groups excluding carboxylic acids is 1. The van der Waals surface area contributed by atoms with Crippen molar-refractivity contribution in [2.24, 2.45) is 0 Å². The third kappa shape index (κ3) is 35.2. The van der Waals surface area contributed by atoms with Gasteiger partial charge in [-0.25, -0.2) is 0 Å². The molecule has 40 heavy (non-hydrogen) atoms. The van der Waals surface area contributed by atoms with Crippen molar-refractivity contribution in [3.05, 3.63) is 12.2 Å². The fourth-order valence-electron chi connectivity index (χ4n) is 5.60. The van der Waals surface area contributed by atoms with Gasteiger partial charge in [-0.15, -0.1) is 0 Å². The molecular weight excluding hydrogens is 488 g/mol. The molecule has 0 aromatic heterocycles. The molecule has 0 fully saturated rings. The number of rotatable bonds is 34. The lowest BCUT2D eigenvalue weighted by molar-refractivity contribution is -0.143. The van der Waals surface area contributed by atoms with E-state index in [-0.39, 0.29) is 5.97 Å². The summed E-state index contributed by atoms with van der Waals surface area (Å²) in [6, 6.07) is 0. The van der Waals surface area contributed by atoms with Gasteiger partial charge in [-0.3, -0.25) is 4.79 Å². The van der Waals surface area contributed by atoms with Crippen molar-refractivity contribution < 1.29 is 9.53 Å². The van der Waals surface area contributed by atoms with Crippen molar-refractivity contribution in [2.45, 2.75) is 219 Å². The predicted molar refractivity (Wildman–Crippen MR) is 179 cm³/mol. The second-order valence-electron chi connectivity index (χ2n) is 12.6. The summed E-state index contributed by atoms with van der Waals surface area (Å²) in [6.07, 6.45) is 47.1. The van der Waals surface area contributed by atoms with Crippen molar-refractivity contribution in [3.63, 3.8) is 0 Å². The van der Waals surface area contributed by atoms with Gasteiger partial charge >= 0.3 is 5.97 Å². The van der Waals surface area contributed by atoms with Gasteiger partial charge in [0.25, 0.3) is 0 Å². The molecule has 0 bridgehead atoms. The third-order valence-corrected chi connectivity index (χ3v) is 8.40. The summed E-state index contributed by atoms with van der Waals surface area (Å²) in [5.41, 5.74) is 0. The molecule has 0 saturated carbocycles. The Kier molecular flexibility index (Phi) is 35.5. The molecule has 0 heterocycles. The van der Waals surface area contributed by atoms with E-state index in [1.54, 1.807) is 0 Å². The standard InChI is InChI=1S/C38H74O2/c1-3-5-7-9-11-13-15-17-18-19-20-21-22-23-25-27-29-31-33-35-37-40-38(39)36-34-32-30-28-26-24-16-14-12-10-8-6-4-2/h17-18H,3-16,19-37H2,1-2H3/b18-17-. The van der Waals surface area contributed by atoms with Crippen LogP contribution < -0.4 is 0 Å². The largest absolute Gasteiger partial charge is 0.466 e. The highest BCUT2D eigenvalue weighted by Crippen LogP contribution is 2.14. The first-order chi connectivity index (χ1) is 19.8. The van der Waals surface area contributed by atoms with Crippen LogP contribution in [-0.2, 0) is 9.53 Å². The number of allylic oxidation sites excluding steroid dienone is 2. The van der Waals surface area contributed by atoms with Gasteiger partial charge in [-0.2, -0.15) is 0 Å². The van der Waals surface area contributed by atoms with Crippen LogP contribution in [0.3, 0.4) is 0 Å². The van der Waals surface area contributed by atoms with Gasteiger partial charge in [0.1, 0.15) is 0 Å². The zero-order valence-electron chi connectivity index (χ0n) is 27.8. The molecule has 0 saturated heterocycles. The second-order valence-corrected chi connectivity index (χ2v) is 12.6. The molecule has 0 atom stereocenters. The van der Waals surface area contributed by atoms with Crippen LogP contribution in [0, 0.1) is 0 Å². The van der Waals surface area contributed by atoms with Crippen molar-refractivity contribution in [1.82, 2.24) is 0 Å². The molecule has 0 unspecified atom stereocenters. The molecule has 0 aromatic carbocycles. The van der Waals surface area contributed by atoms with E-state index in [2.05, 4.69) is 26.0 Å². The first-order valence-corrected chi connectivity index (χ1v) is 18.6. The number of hydrogen-bond donors (Lipinski definition) is 0. The second kappa shape index (κ2) is 36.2. The molecule has 0 spiro atoms. The Labute approximate surface area is 253 Å². The zero-order valence-corrected chi connectivity index (χ0v) is 27.8. The van der Waals surface area contributed by atoms with E-state index < -0.39 is 0 Å². The van der Waals surface area contributed by atoms with Gasteiger partial charge in [0.15, 0.2) is 0 Å². The summed E-state index contributed by atoms with van der Waals surface area (Å²) in [7, 11) is 0. The molecule has 2 heteroatoms. The molecule has 0 amide bonds. The van der Waals surface area contributed by atoms with Gasteiger partial charge in [0.2, 0.25) is 0 Å². The molecule has 0 aliphatic carbocycles. The molecule has 0 radical (unpaired) electrons. The first-order valence-electron chi connectivity index (χ1n) is 18.6. The van der Waals surface area contributed by atoms with Gasteiger partial charge in [0.05, 0.1) is 6.61 Å². The van der Waals surface area contributed by atoms with E-state index in [0.717, 1.165) is 12.8 Å². The maximum absolute atomic E-state index is 11.9. The van der Waals surface area contributed by atoms with Crippen molar-refractivity contribution in [2.75, 3.05) is 6.61 Å². The lowest BCUT2D eigenvalue weighted by atomic mass is 10.0. The van der Waals surface area contributed by atoms with Gasteiger partial charge in [-0.1, -0.05) is 187 Å².